The number of hydrogen-bond acceptors (Lipinski definition) is 3. The Hall–Kier alpha value is -2.46. The normalized spacial score (nSPS) is 10.7. The highest BCUT2D eigenvalue weighted by molar-refractivity contribution is 5.54. The van der Waals surface area contributed by atoms with E-state index < -0.39 is 0 Å². The van der Waals surface area contributed by atoms with E-state index in [0.29, 0.717) is 6.54 Å². The molecular weight excluding hydrogens is 260 g/mol. The molecule has 0 radical (unpaired) electrons. The van der Waals surface area contributed by atoms with Crippen LogP contribution in [0.1, 0.15) is 17.0 Å². The van der Waals surface area contributed by atoms with Gasteiger partial charge in [0.2, 0.25) is 0 Å². The van der Waals surface area contributed by atoms with E-state index in [1.165, 1.54) is 5.56 Å². The Balaban J connectivity index is 1.68. The fourth-order valence-electron chi connectivity index (χ4n) is 2.23. The number of aromatic amines is 1. The van der Waals surface area contributed by atoms with Crippen LogP contribution in [0.2, 0.25) is 0 Å². The minimum absolute atomic E-state index is 0.552. The summed E-state index contributed by atoms with van der Waals surface area (Å²) < 4.78 is 0. The molecule has 2 aromatic carbocycles. The van der Waals surface area contributed by atoms with Crippen LogP contribution in [0.3, 0.4) is 0 Å². The Bertz CT molecular complexity index is 686. The molecule has 0 saturated carbocycles. The van der Waals surface area contributed by atoms with Crippen molar-refractivity contribution in [2.45, 2.75) is 19.4 Å². The summed E-state index contributed by atoms with van der Waals surface area (Å²) in [5.74, 6) is 1.65. The number of nitrogens with one attached hydrogen (secondary N) is 1. The van der Waals surface area contributed by atoms with Gasteiger partial charge in [-0.3, -0.25) is 5.10 Å². The molecule has 0 aliphatic rings. The van der Waals surface area contributed by atoms with Gasteiger partial charge in [-0.25, -0.2) is 4.98 Å². The van der Waals surface area contributed by atoms with Gasteiger partial charge in [0.15, 0.2) is 5.82 Å². The van der Waals surface area contributed by atoms with E-state index in [9.17, 15) is 0 Å². The van der Waals surface area contributed by atoms with E-state index in [-0.39, 0.29) is 0 Å². The second-order valence-corrected chi connectivity index (χ2v) is 4.99. The number of aromatic nitrogens is 3. The van der Waals surface area contributed by atoms with Crippen LogP contribution in [0.15, 0.2) is 54.6 Å². The van der Waals surface area contributed by atoms with Gasteiger partial charge in [0, 0.05) is 18.5 Å². The van der Waals surface area contributed by atoms with Gasteiger partial charge in [0.05, 0.1) is 0 Å². The Morgan fingerprint density at radius 1 is 0.857 bits per heavy atom. The SMILES string of the molecule is NCc1ccc(-c2n[nH]c(CCc3ccccc3)n2)cc1. The lowest BCUT2D eigenvalue weighted by Crippen LogP contribution is -1.95. The zero-order valence-corrected chi connectivity index (χ0v) is 11.8. The maximum Gasteiger partial charge on any atom is 0.181 e. The first-order chi connectivity index (χ1) is 10.3. The molecule has 1 heterocycles. The summed E-state index contributed by atoms with van der Waals surface area (Å²) >= 11 is 0. The molecule has 0 spiro atoms. The highest BCUT2D eigenvalue weighted by atomic mass is 15.2. The van der Waals surface area contributed by atoms with Gasteiger partial charge in [-0.2, -0.15) is 5.10 Å². The summed E-state index contributed by atoms with van der Waals surface area (Å²) in [5.41, 5.74) is 9.03. The standard InChI is InChI=1S/C17H18N4/c18-12-14-6-9-15(10-7-14)17-19-16(20-21-17)11-8-13-4-2-1-3-5-13/h1-7,9-10H,8,11-12,18H2,(H,19,20,21). The molecule has 0 unspecified atom stereocenters. The fourth-order valence-corrected chi connectivity index (χ4v) is 2.23. The zero-order chi connectivity index (χ0) is 14.5. The molecule has 0 amide bonds. The molecule has 0 aliphatic carbocycles. The molecular formula is C17H18N4. The van der Waals surface area contributed by atoms with E-state index in [4.69, 9.17) is 5.73 Å². The number of hydrogen-bond donors (Lipinski definition) is 2. The zero-order valence-electron chi connectivity index (χ0n) is 11.8. The predicted octanol–water partition coefficient (Wildman–Crippen LogP) is 2.72. The molecule has 3 N–H and O–H groups in total. The van der Waals surface area contributed by atoms with Gasteiger partial charge in [-0.1, -0.05) is 54.6 Å². The van der Waals surface area contributed by atoms with E-state index in [1.54, 1.807) is 0 Å². The van der Waals surface area contributed by atoms with E-state index in [1.807, 2.05) is 30.3 Å². The van der Waals surface area contributed by atoms with Gasteiger partial charge in [0.1, 0.15) is 5.82 Å². The molecule has 0 bridgehead atoms. The van der Waals surface area contributed by atoms with Gasteiger partial charge >= 0.3 is 0 Å². The monoisotopic (exact) mass is 278 g/mol. The summed E-state index contributed by atoms with van der Waals surface area (Å²) in [6, 6.07) is 18.4. The molecule has 4 heteroatoms. The molecule has 1 aromatic heterocycles. The van der Waals surface area contributed by atoms with Crippen molar-refractivity contribution in [2.75, 3.05) is 0 Å². The summed E-state index contributed by atoms with van der Waals surface area (Å²) in [4.78, 5) is 4.55. The number of benzene rings is 2. The third kappa shape index (κ3) is 3.35. The average Bonchev–Trinajstić information content (AvgIpc) is 3.03. The van der Waals surface area contributed by atoms with Gasteiger partial charge in [-0.05, 0) is 17.5 Å². The van der Waals surface area contributed by atoms with Crippen molar-refractivity contribution in [3.63, 3.8) is 0 Å². The third-order valence-corrected chi connectivity index (χ3v) is 3.47. The molecule has 3 aromatic rings. The predicted molar refractivity (Wildman–Crippen MR) is 83.6 cm³/mol. The smallest absolute Gasteiger partial charge is 0.181 e. The van der Waals surface area contributed by atoms with Crippen molar-refractivity contribution < 1.29 is 0 Å². The number of rotatable bonds is 5. The van der Waals surface area contributed by atoms with Crippen molar-refractivity contribution in [1.29, 1.82) is 0 Å². The second-order valence-electron chi connectivity index (χ2n) is 4.99. The molecule has 0 fully saturated rings. The number of aryl methyl sites for hydroxylation is 2. The summed E-state index contributed by atoms with van der Waals surface area (Å²) in [7, 11) is 0. The number of nitrogens with zero attached hydrogens (tertiary/aromatic N) is 2. The molecule has 3 rings (SSSR count). The molecule has 0 saturated heterocycles. The molecule has 0 aliphatic heterocycles. The van der Waals surface area contributed by atoms with Crippen molar-refractivity contribution in [1.82, 2.24) is 15.2 Å². The Labute approximate surface area is 124 Å². The van der Waals surface area contributed by atoms with Crippen LogP contribution in [-0.4, -0.2) is 15.2 Å². The van der Waals surface area contributed by atoms with E-state index >= 15 is 0 Å². The fraction of sp³-hybridized carbons (Fsp3) is 0.176. The lowest BCUT2D eigenvalue weighted by atomic mass is 10.1. The lowest BCUT2D eigenvalue weighted by Gasteiger charge is -1.98. The van der Waals surface area contributed by atoms with E-state index in [2.05, 4.69) is 39.4 Å². The quantitative estimate of drug-likeness (QED) is 0.754. The number of H-pyrrole nitrogens is 1. The van der Waals surface area contributed by atoms with Gasteiger partial charge in [-0.15, -0.1) is 0 Å². The van der Waals surface area contributed by atoms with Crippen LogP contribution >= 0.6 is 0 Å². The number of nitrogens with two attached hydrogens (primary N) is 1. The Morgan fingerprint density at radius 3 is 2.33 bits per heavy atom. The van der Waals surface area contributed by atoms with Crippen LogP contribution < -0.4 is 5.73 Å². The minimum Gasteiger partial charge on any atom is -0.326 e. The highest BCUT2D eigenvalue weighted by Gasteiger charge is 2.06. The Kier molecular flexibility index (Phi) is 4.07. The van der Waals surface area contributed by atoms with Crippen LogP contribution in [0, 0.1) is 0 Å². The van der Waals surface area contributed by atoms with E-state index in [0.717, 1.165) is 35.6 Å². The highest BCUT2D eigenvalue weighted by Crippen LogP contribution is 2.16. The largest absolute Gasteiger partial charge is 0.326 e. The first kappa shape index (κ1) is 13.5. The van der Waals surface area contributed by atoms with Crippen molar-refractivity contribution in [2.24, 2.45) is 5.73 Å². The van der Waals surface area contributed by atoms with Gasteiger partial charge < -0.3 is 5.73 Å². The first-order valence-corrected chi connectivity index (χ1v) is 7.10. The minimum atomic E-state index is 0.552. The third-order valence-electron chi connectivity index (χ3n) is 3.47. The summed E-state index contributed by atoms with van der Waals surface area (Å²) in [6.07, 6.45) is 1.82. The molecule has 0 atom stereocenters. The first-order valence-electron chi connectivity index (χ1n) is 7.10. The topological polar surface area (TPSA) is 67.6 Å². The maximum atomic E-state index is 5.60. The second kappa shape index (κ2) is 6.33. The molecule has 106 valence electrons. The lowest BCUT2D eigenvalue weighted by molar-refractivity contribution is 0.865. The molecule has 21 heavy (non-hydrogen) atoms. The summed E-state index contributed by atoms with van der Waals surface area (Å²) in [5, 5.41) is 7.30. The van der Waals surface area contributed by atoms with Crippen molar-refractivity contribution in [3.8, 4) is 11.4 Å². The average molecular weight is 278 g/mol. The van der Waals surface area contributed by atoms with Crippen LogP contribution in [0.4, 0.5) is 0 Å². The summed E-state index contributed by atoms with van der Waals surface area (Å²) in [6.45, 7) is 0.552. The maximum absolute atomic E-state index is 5.60. The van der Waals surface area contributed by atoms with Crippen molar-refractivity contribution in [3.05, 3.63) is 71.5 Å². The molecule has 4 nitrogen and oxygen atoms in total. The van der Waals surface area contributed by atoms with Crippen molar-refractivity contribution >= 4 is 0 Å². The van der Waals surface area contributed by atoms with Gasteiger partial charge in [0.25, 0.3) is 0 Å². The van der Waals surface area contributed by atoms with Crippen LogP contribution in [0.25, 0.3) is 11.4 Å². The van der Waals surface area contributed by atoms with Crippen LogP contribution in [0.5, 0.6) is 0 Å². The van der Waals surface area contributed by atoms with Crippen LogP contribution in [-0.2, 0) is 19.4 Å². The Morgan fingerprint density at radius 2 is 1.62 bits per heavy atom.